The molecule has 6 atom stereocenters. The van der Waals surface area contributed by atoms with Gasteiger partial charge in [0.15, 0.2) is 0 Å². The molecule has 3 aliphatic rings. The highest BCUT2D eigenvalue weighted by atomic mass is 14.5. The molecular weight excluding hydrogens is 348 g/mol. The van der Waals surface area contributed by atoms with Crippen LogP contribution in [0.5, 0.6) is 0 Å². The van der Waals surface area contributed by atoms with Gasteiger partial charge in [0.1, 0.15) is 0 Å². The summed E-state index contributed by atoms with van der Waals surface area (Å²) in [6, 6.07) is 0. The second-order valence-electron chi connectivity index (χ2n) is 11.3. The van der Waals surface area contributed by atoms with Crippen LogP contribution in [-0.2, 0) is 0 Å². The van der Waals surface area contributed by atoms with Crippen LogP contribution >= 0.6 is 0 Å². The molecule has 0 aromatic heterocycles. The average molecular weight is 395 g/mol. The zero-order valence-electron chi connectivity index (χ0n) is 20.1. The van der Waals surface area contributed by atoms with Crippen molar-refractivity contribution < 1.29 is 0 Å². The molecule has 162 valence electrons. The van der Waals surface area contributed by atoms with Crippen molar-refractivity contribution in [1.82, 2.24) is 0 Å². The van der Waals surface area contributed by atoms with Crippen molar-refractivity contribution in [2.24, 2.45) is 40.9 Å². The predicted octanol–water partition coefficient (Wildman–Crippen LogP) is 8.92. The van der Waals surface area contributed by atoms with Crippen molar-refractivity contribution in [3.8, 4) is 0 Å². The molecule has 0 saturated heterocycles. The Balaban J connectivity index is 1.75. The van der Waals surface area contributed by atoms with Gasteiger partial charge >= 0.3 is 0 Å². The third kappa shape index (κ3) is 5.00. The number of allylic oxidation sites excluding steroid dienone is 7. The highest BCUT2D eigenvalue weighted by Crippen LogP contribution is 2.59. The summed E-state index contributed by atoms with van der Waals surface area (Å²) >= 11 is 0. The Morgan fingerprint density at radius 1 is 1.00 bits per heavy atom. The van der Waals surface area contributed by atoms with Crippen molar-refractivity contribution in [3.05, 3.63) is 47.6 Å². The highest BCUT2D eigenvalue weighted by Gasteiger charge is 2.50. The Bertz CT molecular complexity index is 672. The summed E-state index contributed by atoms with van der Waals surface area (Å²) in [7, 11) is 0. The van der Waals surface area contributed by atoms with E-state index in [1.165, 1.54) is 62.5 Å². The van der Waals surface area contributed by atoms with Gasteiger partial charge in [-0.1, -0.05) is 83.6 Å². The summed E-state index contributed by atoms with van der Waals surface area (Å²) in [5, 5.41) is 0. The molecule has 3 aliphatic carbocycles. The minimum Gasteiger partial charge on any atom is -0.0956 e. The van der Waals surface area contributed by atoms with Gasteiger partial charge in [-0.05, 0) is 97.9 Å². The second kappa shape index (κ2) is 9.40. The number of rotatable bonds is 5. The van der Waals surface area contributed by atoms with Gasteiger partial charge in [0, 0.05) is 0 Å². The number of fused-ring (bicyclic) bond motifs is 1. The van der Waals surface area contributed by atoms with Gasteiger partial charge < -0.3 is 0 Å². The smallest absolute Gasteiger partial charge is 0.0143 e. The van der Waals surface area contributed by atoms with Gasteiger partial charge in [0.2, 0.25) is 0 Å². The van der Waals surface area contributed by atoms with Crippen LogP contribution in [0.2, 0.25) is 0 Å². The maximum absolute atomic E-state index is 4.35. The first-order valence-corrected chi connectivity index (χ1v) is 12.5. The summed E-state index contributed by atoms with van der Waals surface area (Å²) in [4.78, 5) is 0. The molecule has 0 nitrogen and oxygen atoms in total. The molecule has 0 amide bonds. The van der Waals surface area contributed by atoms with E-state index >= 15 is 0 Å². The molecule has 0 spiro atoms. The lowest BCUT2D eigenvalue weighted by Crippen LogP contribution is -2.35. The lowest BCUT2D eigenvalue weighted by molar-refractivity contribution is 0.112. The van der Waals surface area contributed by atoms with Gasteiger partial charge in [-0.3, -0.25) is 0 Å². The van der Waals surface area contributed by atoms with E-state index in [-0.39, 0.29) is 0 Å². The quantitative estimate of drug-likeness (QED) is 0.408. The summed E-state index contributed by atoms with van der Waals surface area (Å²) < 4.78 is 0. The zero-order valence-corrected chi connectivity index (χ0v) is 20.1. The van der Waals surface area contributed by atoms with E-state index in [0.29, 0.717) is 17.3 Å². The van der Waals surface area contributed by atoms with Crippen LogP contribution < -0.4 is 0 Å². The van der Waals surface area contributed by atoms with Crippen molar-refractivity contribution in [1.29, 1.82) is 0 Å². The lowest BCUT2D eigenvalue weighted by atomic mass is 9.61. The van der Waals surface area contributed by atoms with Gasteiger partial charge in [0.05, 0.1) is 0 Å². The van der Waals surface area contributed by atoms with Crippen LogP contribution in [0.15, 0.2) is 47.6 Å². The topological polar surface area (TPSA) is 0 Å². The minimum absolute atomic E-state index is 0.490. The van der Waals surface area contributed by atoms with E-state index < -0.39 is 0 Å². The van der Waals surface area contributed by atoms with Crippen LogP contribution in [0.25, 0.3) is 0 Å². The molecule has 3 fully saturated rings. The molecule has 0 heterocycles. The summed E-state index contributed by atoms with van der Waals surface area (Å²) in [6.07, 6.45) is 20.7. The number of hydrogen-bond acceptors (Lipinski definition) is 0. The lowest BCUT2D eigenvalue weighted by Gasteiger charge is -2.44. The van der Waals surface area contributed by atoms with Gasteiger partial charge in [-0.2, -0.15) is 0 Å². The standard InChI is InChI=1S/C29H46/c1-20(2)22(4)12-13-24(6)27-16-17-28-25(9-8-18-29(27,28)7)14-15-26-19-21(3)10-11-23(26)5/h12-15,20-22,24,27-28H,5,8-11,16-19H2,1-4,6-7H3/b13-12+,25-14+,26-15-/t21-,22-,24+,27+,28?,29+/m0/s1. The van der Waals surface area contributed by atoms with Gasteiger partial charge in [-0.15, -0.1) is 0 Å². The molecule has 0 bridgehead atoms. The molecule has 0 aromatic carbocycles. The highest BCUT2D eigenvalue weighted by molar-refractivity contribution is 5.36. The average Bonchev–Trinajstić information content (AvgIpc) is 3.04. The second-order valence-corrected chi connectivity index (χ2v) is 11.3. The fourth-order valence-electron chi connectivity index (χ4n) is 6.45. The van der Waals surface area contributed by atoms with Crippen molar-refractivity contribution in [3.63, 3.8) is 0 Å². The fourth-order valence-corrected chi connectivity index (χ4v) is 6.45. The summed E-state index contributed by atoms with van der Waals surface area (Å²) in [5.41, 5.74) is 5.15. The zero-order chi connectivity index (χ0) is 21.2. The first-order chi connectivity index (χ1) is 13.7. The summed E-state index contributed by atoms with van der Waals surface area (Å²) in [5.74, 6) is 4.57. The normalized spacial score (nSPS) is 38.2. The van der Waals surface area contributed by atoms with Crippen LogP contribution in [0.4, 0.5) is 0 Å². The molecule has 0 aromatic rings. The molecule has 0 radical (unpaired) electrons. The first kappa shape index (κ1) is 22.6. The minimum atomic E-state index is 0.490. The number of hydrogen-bond donors (Lipinski definition) is 0. The van der Waals surface area contributed by atoms with E-state index in [0.717, 1.165) is 23.7 Å². The Morgan fingerprint density at radius 3 is 2.48 bits per heavy atom. The van der Waals surface area contributed by atoms with Gasteiger partial charge in [-0.25, -0.2) is 0 Å². The molecule has 1 unspecified atom stereocenters. The van der Waals surface area contributed by atoms with Crippen LogP contribution in [0, 0.1) is 40.9 Å². The Kier molecular flexibility index (Phi) is 7.34. The van der Waals surface area contributed by atoms with E-state index in [2.05, 4.69) is 72.4 Å². The van der Waals surface area contributed by atoms with E-state index in [4.69, 9.17) is 0 Å². The molecular formula is C29H46. The maximum atomic E-state index is 4.35. The van der Waals surface area contributed by atoms with E-state index in [1.807, 2.05) is 0 Å². The van der Waals surface area contributed by atoms with Crippen LogP contribution in [-0.4, -0.2) is 0 Å². The molecule has 3 saturated carbocycles. The molecule has 3 rings (SSSR count). The Morgan fingerprint density at radius 2 is 1.76 bits per heavy atom. The van der Waals surface area contributed by atoms with Crippen LogP contribution in [0.1, 0.15) is 92.9 Å². The van der Waals surface area contributed by atoms with E-state index in [9.17, 15) is 0 Å². The maximum Gasteiger partial charge on any atom is -0.0143 e. The van der Waals surface area contributed by atoms with E-state index in [1.54, 1.807) is 5.57 Å². The third-order valence-corrected chi connectivity index (χ3v) is 8.90. The first-order valence-electron chi connectivity index (χ1n) is 12.5. The predicted molar refractivity (Wildman–Crippen MR) is 129 cm³/mol. The third-order valence-electron chi connectivity index (χ3n) is 8.90. The fraction of sp³-hybridized carbons (Fsp3) is 0.724. The monoisotopic (exact) mass is 394 g/mol. The molecule has 29 heavy (non-hydrogen) atoms. The molecule has 0 N–H and O–H groups in total. The van der Waals surface area contributed by atoms with Crippen molar-refractivity contribution in [2.75, 3.05) is 0 Å². The van der Waals surface area contributed by atoms with Crippen molar-refractivity contribution >= 4 is 0 Å². The Labute approximate surface area is 181 Å². The molecule has 0 aliphatic heterocycles. The Hall–Kier alpha value is -1.04. The van der Waals surface area contributed by atoms with Gasteiger partial charge in [0.25, 0.3) is 0 Å². The molecule has 0 heteroatoms. The largest absolute Gasteiger partial charge is 0.0956 e. The van der Waals surface area contributed by atoms with Crippen LogP contribution in [0.3, 0.4) is 0 Å². The SMILES string of the molecule is C=C1CC[C@H](C)C/C1=C/C=C1\CCC[C@@]2(C)C1CC[C@@H]2[C@H](C)/C=C/[C@H](C)C(C)C. The van der Waals surface area contributed by atoms with Crippen molar-refractivity contribution in [2.45, 2.75) is 92.9 Å². The summed E-state index contributed by atoms with van der Waals surface area (Å²) in [6.45, 7) is 18.9.